The van der Waals surface area contributed by atoms with Crippen molar-refractivity contribution in [3.8, 4) is 0 Å². The van der Waals surface area contributed by atoms with Crippen molar-refractivity contribution in [2.24, 2.45) is 0 Å². The molecule has 0 aliphatic rings. The minimum Gasteiger partial charge on any atom is -0.399 e. The number of alkyl halides is 7. The van der Waals surface area contributed by atoms with Gasteiger partial charge in [0.25, 0.3) is 0 Å². The van der Waals surface area contributed by atoms with E-state index < -0.39 is 34.0 Å². The lowest BCUT2D eigenvalue weighted by atomic mass is 10.2. The van der Waals surface area contributed by atoms with Gasteiger partial charge in [0.1, 0.15) is 0 Å². The third-order valence-corrected chi connectivity index (χ3v) is 3.46. The third kappa shape index (κ3) is 3.07. The van der Waals surface area contributed by atoms with Crippen molar-refractivity contribution >= 4 is 17.4 Å². The lowest BCUT2D eigenvalue weighted by Gasteiger charge is -2.29. The summed E-state index contributed by atoms with van der Waals surface area (Å²) in [5.41, 5.74) is 5.83. The molecule has 9 heteroatoms. The molecule has 0 bridgehead atoms. The van der Waals surface area contributed by atoms with Crippen LogP contribution in [0.3, 0.4) is 0 Å². The molecule has 0 amide bonds. The molecule has 1 nitrogen and oxygen atoms in total. The van der Waals surface area contributed by atoms with E-state index in [9.17, 15) is 30.7 Å². The third-order valence-electron chi connectivity index (χ3n) is 2.23. The van der Waals surface area contributed by atoms with Crippen LogP contribution in [0.25, 0.3) is 0 Å². The summed E-state index contributed by atoms with van der Waals surface area (Å²) in [5.74, 6) is 0. The van der Waals surface area contributed by atoms with E-state index in [-0.39, 0.29) is 11.3 Å². The lowest BCUT2D eigenvalue weighted by molar-refractivity contribution is -0.302. The first kappa shape index (κ1) is 15.9. The smallest absolute Gasteiger partial charge is 0.399 e. The Morgan fingerprint density at radius 3 is 1.79 bits per heavy atom. The van der Waals surface area contributed by atoms with Crippen LogP contribution in [0.4, 0.5) is 36.4 Å². The lowest BCUT2D eigenvalue weighted by Crippen LogP contribution is -2.50. The number of rotatable bonds is 2. The second kappa shape index (κ2) is 4.77. The highest BCUT2D eigenvalue weighted by Crippen LogP contribution is 2.55. The molecule has 0 saturated heterocycles. The first-order valence-electron chi connectivity index (χ1n) is 4.76. The molecule has 0 spiro atoms. The van der Waals surface area contributed by atoms with Gasteiger partial charge in [0.05, 0.1) is 0 Å². The monoisotopic (exact) mass is 307 g/mol. The van der Waals surface area contributed by atoms with Gasteiger partial charge in [-0.3, -0.25) is 0 Å². The van der Waals surface area contributed by atoms with E-state index in [2.05, 4.69) is 0 Å². The molecule has 0 aliphatic heterocycles. The molecule has 0 radical (unpaired) electrons. The Kier molecular flexibility index (Phi) is 4.00. The zero-order valence-corrected chi connectivity index (χ0v) is 10.2. The van der Waals surface area contributed by atoms with Gasteiger partial charge in [-0.2, -0.15) is 26.3 Å². The maximum Gasteiger partial charge on any atom is 0.441 e. The maximum atomic E-state index is 13.4. The number of nitrogen functional groups attached to an aromatic ring is 1. The van der Waals surface area contributed by atoms with Gasteiger partial charge < -0.3 is 5.73 Å². The summed E-state index contributed by atoms with van der Waals surface area (Å²) in [6.45, 7) is 1.39. The quantitative estimate of drug-likeness (QED) is 0.496. The van der Waals surface area contributed by atoms with Gasteiger partial charge in [-0.15, -0.1) is 0 Å². The van der Waals surface area contributed by atoms with E-state index in [1.165, 1.54) is 6.92 Å². The van der Waals surface area contributed by atoms with Crippen LogP contribution < -0.4 is 5.73 Å². The fraction of sp³-hybridized carbons (Fsp3) is 0.400. The van der Waals surface area contributed by atoms with Gasteiger partial charge >= 0.3 is 17.4 Å². The number of aryl methyl sites for hydroxylation is 1. The van der Waals surface area contributed by atoms with E-state index >= 15 is 0 Å². The predicted molar refractivity (Wildman–Crippen MR) is 57.4 cm³/mol. The van der Waals surface area contributed by atoms with Crippen molar-refractivity contribution in [3.63, 3.8) is 0 Å². The average Bonchev–Trinajstić information content (AvgIpc) is 2.20. The van der Waals surface area contributed by atoms with Crippen LogP contribution in [-0.2, 0) is 0 Å². The summed E-state index contributed by atoms with van der Waals surface area (Å²) < 4.78 is 87.4. The van der Waals surface area contributed by atoms with E-state index in [1.54, 1.807) is 0 Å². The van der Waals surface area contributed by atoms with Gasteiger partial charge in [-0.25, -0.2) is 4.39 Å². The van der Waals surface area contributed by atoms with Crippen LogP contribution in [0.2, 0.25) is 0 Å². The predicted octanol–water partition coefficient (Wildman–Crippen LogP) is 4.46. The Morgan fingerprint density at radius 2 is 1.42 bits per heavy atom. The summed E-state index contributed by atoms with van der Waals surface area (Å²) in [4.78, 5) is -0.510. The Balaban J connectivity index is 3.20. The van der Waals surface area contributed by atoms with Gasteiger partial charge in [0.2, 0.25) is 0 Å². The van der Waals surface area contributed by atoms with Gasteiger partial charge in [0, 0.05) is 10.6 Å². The number of nitrogens with two attached hydrogens (primary N) is 1. The molecule has 2 N–H and O–H groups in total. The van der Waals surface area contributed by atoms with Crippen LogP contribution in [0, 0.1) is 6.92 Å². The molecule has 0 aromatic heterocycles. The Labute approximate surface area is 108 Å². The molecule has 0 fully saturated rings. The number of anilines is 1. The first-order valence-corrected chi connectivity index (χ1v) is 5.57. The number of hydrogen-bond acceptors (Lipinski definition) is 2. The number of halogens is 7. The maximum absolute atomic E-state index is 13.4. The highest BCUT2D eigenvalue weighted by atomic mass is 32.2. The molecular formula is C10H8F7NS. The Morgan fingerprint density at radius 1 is 0.947 bits per heavy atom. The highest BCUT2D eigenvalue weighted by molar-refractivity contribution is 8.00. The number of hydrogen-bond donors (Lipinski definition) is 1. The second-order valence-corrected chi connectivity index (χ2v) is 4.95. The molecule has 108 valence electrons. The molecule has 1 aromatic rings. The summed E-state index contributed by atoms with van der Waals surface area (Å²) in [5, 5.41) is -5.36. The molecule has 0 saturated carbocycles. The molecule has 19 heavy (non-hydrogen) atoms. The molecule has 0 atom stereocenters. The van der Waals surface area contributed by atoms with Crippen LogP contribution in [0.5, 0.6) is 0 Å². The molecule has 0 aliphatic carbocycles. The Bertz CT molecular complexity index is 452. The van der Waals surface area contributed by atoms with Crippen molar-refractivity contribution in [2.75, 3.05) is 5.73 Å². The van der Waals surface area contributed by atoms with Gasteiger partial charge in [-0.1, -0.05) is 11.8 Å². The standard InChI is InChI=1S/C10H8F7NS/c1-5-4-6(2-3-7(5)18)19-8(11,9(12,13)14)10(15,16)17/h2-4H,18H2,1H3. The average molecular weight is 307 g/mol. The molecule has 1 aromatic carbocycles. The largest absolute Gasteiger partial charge is 0.441 e. The topological polar surface area (TPSA) is 26.0 Å². The van der Waals surface area contributed by atoms with E-state index in [0.29, 0.717) is 0 Å². The molecule has 0 unspecified atom stereocenters. The van der Waals surface area contributed by atoms with E-state index in [0.717, 1.165) is 18.2 Å². The van der Waals surface area contributed by atoms with E-state index in [4.69, 9.17) is 5.73 Å². The SMILES string of the molecule is Cc1cc(SC(F)(C(F)(F)F)C(F)(F)F)ccc1N. The minimum atomic E-state index is -6.08. The molecular weight excluding hydrogens is 299 g/mol. The minimum absolute atomic E-state index is 0.188. The van der Waals surface area contributed by atoms with Crippen molar-refractivity contribution in [1.29, 1.82) is 0 Å². The summed E-state index contributed by atoms with van der Waals surface area (Å²) in [6.07, 6.45) is -12.2. The van der Waals surface area contributed by atoms with Crippen molar-refractivity contribution < 1.29 is 30.7 Å². The highest BCUT2D eigenvalue weighted by Gasteiger charge is 2.73. The van der Waals surface area contributed by atoms with Gasteiger partial charge in [-0.05, 0) is 30.7 Å². The van der Waals surface area contributed by atoms with Crippen LogP contribution in [-0.4, -0.2) is 17.4 Å². The fourth-order valence-electron chi connectivity index (χ4n) is 1.15. The second-order valence-electron chi connectivity index (χ2n) is 3.71. The van der Waals surface area contributed by atoms with Crippen molar-refractivity contribution in [3.05, 3.63) is 23.8 Å². The van der Waals surface area contributed by atoms with Crippen LogP contribution >= 0.6 is 11.8 Å². The van der Waals surface area contributed by atoms with Crippen LogP contribution in [0.15, 0.2) is 23.1 Å². The van der Waals surface area contributed by atoms with Crippen molar-refractivity contribution in [1.82, 2.24) is 0 Å². The zero-order valence-electron chi connectivity index (χ0n) is 9.36. The number of benzene rings is 1. The van der Waals surface area contributed by atoms with Crippen molar-refractivity contribution in [2.45, 2.75) is 29.2 Å². The summed E-state index contributed by atoms with van der Waals surface area (Å²) in [7, 11) is 0. The number of thioether (sulfide) groups is 1. The van der Waals surface area contributed by atoms with E-state index in [1.807, 2.05) is 0 Å². The summed E-state index contributed by atoms with van der Waals surface area (Å²) >= 11 is -0.944. The molecule has 1 rings (SSSR count). The summed E-state index contributed by atoms with van der Waals surface area (Å²) in [6, 6.07) is 2.98. The normalized spacial score (nSPS) is 13.7. The fourth-order valence-corrected chi connectivity index (χ4v) is 2.08. The first-order chi connectivity index (χ1) is 8.38. The zero-order chi connectivity index (χ0) is 15.1. The van der Waals surface area contributed by atoms with Gasteiger partial charge in [0.15, 0.2) is 0 Å². The molecule has 0 heterocycles. The van der Waals surface area contributed by atoms with Crippen LogP contribution in [0.1, 0.15) is 5.56 Å². The Hall–Kier alpha value is -1.12.